The summed E-state index contributed by atoms with van der Waals surface area (Å²) in [7, 11) is 0. The molecule has 1 amide bonds. The number of nitrogens with zero attached hydrogens (tertiary/aromatic N) is 3. The van der Waals surface area contributed by atoms with Crippen LogP contribution in [0.25, 0.3) is 11.3 Å². The zero-order valence-corrected chi connectivity index (χ0v) is 16.6. The molecule has 1 aliphatic rings. The molecule has 0 saturated heterocycles. The summed E-state index contributed by atoms with van der Waals surface area (Å²) in [6, 6.07) is 10.7. The van der Waals surface area contributed by atoms with Crippen LogP contribution in [0.4, 0.5) is 0 Å². The van der Waals surface area contributed by atoms with Gasteiger partial charge >= 0.3 is 0 Å². The molecular formula is C21H21ClN4O2. The second kappa shape index (κ2) is 7.28. The lowest BCUT2D eigenvalue weighted by Crippen LogP contribution is -2.38. The number of carbonyl (C=O) groups is 1. The molecule has 0 aliphatic carbocycles. The van der Waals surface area contributed by atoms with Crippen LogP contribution in [0.1, 0.15) is 22.6 Å². The highest BCUT2D eigenvalue weighted by molar-refractivity contribution is 6.30. The van der Waals surface area contributed by atoms with E-state index >= 15 is 0 Å². The van der Waals surface area contributed by atoms with Gasteiger partial charge in [-0.2, -0.15) is 5.10 Å². The van der Waals surface area contributed by atoms with Crippen LogP contribution in [0.3, 0.4) is 0 Å². The molecule has 0 bridgehead atoms. The number of benzene rings is 1. The quantitative estimate of drug-likeness (QED) is 0.739. The molecule has 0 spiro atoms. The highest BCUT2D eigenvalue weighted by Crippen LogP contribution is 2.29. The van der Waals surface area contributed by atoms with Gasteiger partial charge in [-0.25, -0.2) is 0 Å². The zero-order chi connectivity index (χ0) is 19.8. The summed E-state index contributed by atoms with van der Waals surface area (Å²) >= 11 is 5.99. The van der Waals surface area contributed by atoms with E-state index in [1.54, 1.807) is 12.1 Å². The van der Waals surface area contributed by atoms with E-state index in [1.807, 2.05) is 47.6 Å². The van der Waals surface area contributed by atoms with Gasteiger partial charge in [0.1, 0.15) is 6.54 Å². The molecule has 0 fully saturated rings. The van der Waals surface area contributed by atoms with Gasteiger partial charge in [0.15, 0.2) is 5.43 Å². The van der Waals surface area contributed by atoms with Crippen molar-refractivity contribution in [1.82, 2.24) is 19.7 Å². The van der Waals surface area contributed by atoms with Gasteiger partial charge < -0.3 is 9.47 Å². The maximum absolute atomic E-state index is 13.0. The minimum Gasteiger partial charge on any atom is -0.340 e. The number of halogens is 1. The third-order valence-electron chi connectivity index (χ3n) is 5.25. The molecule has 0 atom stereocenters. The second-order valence-corrected chi connectivity index (χ2v) is 7.60. The fraction of sp³-hybridized carbons (Fsp3) is 0.286. The Morgan fingerprint density at radius 1 is 1.18 bits per heavy atom. The number of nitrogens with one attached hydrogen (secondary N) is 1. The van der Waals surface area contributed by atoms with E-state index in [9.17, 15) is 9.59 Å². The summed E-state index contributed by atoms with van der Waals surface area (Å²) in [5.74, 6) is 0.0313. The smallest absolute Gasteiger partial charge is 0.242 e. The van der Waals surface area contributed by atoms with E-state index in [4.69, 9.17) is 11.6 Å². The Labute approximate surface area is 167 Å². The highest BCUT2D eigenvalue weighted by atomic mass is 35.5. The molecule has 2 aromatic heterocycles. The number of aryl methyl sites for hydroxylation is 2. The lowest BCUT2D eigenvalue weighted by molar-refractivity contribution is -0.132. The Bertz CT molecular complexity index is 1070. The van der Waals surface area contributed by atoms with Crippen molar-refractivity contribution in [2.45, 2.75) is 33.4 Å². The summed E-state index contributed by atoms with van der Waals surface area (Å²) in [4.78, 5) is 26.4. The largest absolute Gasteiger partial charge is 0.340 e. The number of aromatic nitrogens is 3. The number of hydrogen-bond acceptors (Lipinski definition) is 3. The van der Waals surface area contributed by atoms with Crippen LogP contribution >= 0.6 is 11.6 Å². The van der Waals surface area contributed by atoms with Crippen LogP contribution in [0.5, 0.6) is 0 Å². The third-order valence-corrected chi connectivity index (χ3v) is 5.50. The lowest BCUT2D eigenvalue weighted by atomic mass is 10.0. The molecule has 3 aromatic rings. The summed E-state index contributed by atoms with van der Waals surface area (Å²) in [6.45, 7) is 5.09. The first-order valence-corrected chi connectivity index (χ1v) is 9.58. The van der Waals surface area contributed by atoms with Crippen LogP contribution in [-0.2, 0) is 24.3 Å². The maximum Gasteiger partial charge on any atom is 0.242 e. The predicted octanol–water partition coefficient (Wildman–Crippen LogP) is 3.09. The molecule has 0 unspecified atom stereocenters. The molecule has 7 heteroatoms. The van der Waals surface area contributed by atoms with Crippen molar-refractivity contribution in [3.05, 3.63) is 74.3 Å². The Morgan fingerprint density at radius 2 is 1.86 bits per heavy atom. The highest BCUT2D eigenvalue weighted by Gasteiger charge is 2.26. The molecule has 28 heavy (non-hydrogen) atoms. The van der Waals surface area contributed by atoms with E-state index in [0.717, 1.165) is 40.3 Å². The molecule has 1 aliphatic heterocycles. The van der Waals surface area contributed by atoms with E-state index < -0.39 is 0 Å². The van der Waals surface area contributed by atoms with E-state index in [2.05, 4.69) is 10.2 Å². The Morgan fingerprint density at radius 3 is 2.54 bits per heavy atom. The number of rotatable bonds is 3. The van der Waals surface area contributed by atoms with Crippen molar-refractivity contribution < 1.29 is 4.79 Å². The number of hydrogen-bond donors (Lipinski definition) is 1. The van der Waals surface area contributed by atoms with Gasteiger partial charge in [-0.3, -0.25) is 14.7 Å². The monoisotopic (exact) mass is 396 g/mol. The van der Waals surface area contributed by atoms with Gasteiger partial charge in [-0.1, -0.05) is 23.7 Å². The van der Waals surface area contributed by atoms with Crippen molar-refractivity contribution >= 4 is 17.5 Å². The summed E-state index contributed by atoms with van der Waals surface area (Å²) < 4.78 is 1.88. The summed E-state index contributed by atoms with van der Waals surface area (Å²) in [5.41, 5.74) is 5.51. The molecule has 4 rings (SSSR count). The van der Waals surface area contributed by atoms with Crippen LogP contribution < -0.4 is 5.43 Å². The second-order valence-electron chi connectivity index (χ2n) is 7.16. The first-order valence-electron chi connectivity index (χ1n) is 9.20. The Balaban J connectivity index is 1.57. The van der Waals surface area contributed by atoms with Crippen LogP contribution in [0.2, 0.25) is 5.02 Å². The maximum atomic E-state index is 13.0. The number of amides is 1. The van der Waals surface area contributed by atoms with Gasteiger partial charge in [0.05, 0.1) is 5.69 Å². The van der Waals surface area contributed by atoms with Gasteiger partial charge in [0.25, 0.3) is 0 Å². The fourth-order valence-corrected chi connectivity index (χ4v) is 3.85. The predicted molar refractivity (Wildman–Crippen MR) is 108 cm³/mol. The number of fused-ring (bicyclic) bond motifs is 1. The lowest BCUT2D eigenvalue weighted by Gasteiger charge is -2.28. The minimum atomic E-state index is -0.0349. The van der Waals surface area contributed by atoms with Crippen molar-refractivity contribution in [3.63, 3.8) is 0 Å². The van der Waals surface area contributed by atoms with Crippen molar-refractivity contribution in [3.8, 4) is 11.3 Å². The SMILES string of the molecule is Cc1cc(=O)cc(C)n1CC(=O)N1CCc2[nH]nc(-c3ccc(Cl)cc3)c2C1. The topological polar surface area (TPSA) is 71.0 Å². The number of H-pyrrole nitrogens is 1. The van der Waals surface area contributed by atoms with Gasteiger partial charge in [-0.15, -0.1) is 0 Å². The average Bonchev–Trinajstić information content (AvgIpc) is 3.08. The normalized spacial score (nSPS) is 13.5. The molecule has 1 N–H and O–H groups in total. The average molecular weight is 397 g/mol. The number of carbonyl (C=O) groups excluding carboxylic acids is 1. The Kier molecular flexibility index (Phi) is 4.81. The van der Waals surface area contributed by atoms with E-state index in [-0.39, 0.29) is 17.9 Å². The van der Waals surface area contributed by atoms with Gasteiger partial charge in [0, 0.05) is 64.9 Å². The Hall–Kier alpha value is -2.86. The zero-order valence-electron chi connectivity index (χ0n) is 15.8. The van der Waals surface area contributed by atoms with E-state index in [0.29, 0.717) is 18.1 Å². The van der Waals surface area contributed by atoms with Crippen molar-refractivity contribution in [2.75, 3.05) is 6.54 Å². The van der Waals surface area contributed by atoms with Crippen molar-refractivity contribution in [2.24, 2.45) is 0 Å². The van der Waals surface area contributed by atoms with Crippen LogP contribution in [0, 0.1) is 13.8 Å². The molecule has 6 nitrogen and oxygen atoms in total. The molecule has 0 saturated carbocycles. The van der Waals surface area contributed by atoms with Crippen LogP contribution in [0.15, 0.2) is 41.2 Å². The molecular weight excluding hydrogens is 376 g/mol. The minimum absolute atomic E-state index is 0.0313. The summed E-state index contributed by atoms with van der Waals surface area (Å²) in [5, 5.41) is 8.26. The van der Waals surface area contributed by atoms with Crippen molar-refractivity contribution in [1.29, 1.82) is 0 Å². The molecule has 3 heterocycles. The number of aromatic amines is 1. The molecule has 1 aromatic carbocycles. The molecule has 0 radical (unpaired) electrons. The first kappa shape index (κ1) is 18.5. The molecule has 144 valence electrons. The fourth-order valence-electron chi connectivity index (χ4n) is 3.73. The van der Waals surface area contributed by atoms with Gasteiger partial charge in [-0.05, 0) is 26.0 Å². The van der Waals surface area contributed by atoms with E-state index in [1.165, 1.54) is 0 Å². The first-order chi connectivity index (χ1) is 13.4. The summed E-state index contributed by atoms with van der Waals surface area (Å²) in [6.07, 6.45) is 0.740. The third kappa shape index (κ3) is 3.47. The van der Waals surface area contributed by atoms with Gasteiger partial charge in [0.2, 0.25) is 5.91 Å². The number of pyridine rings is 1. The van der Waals surface area contributed by atoms with Crippen LogP contribution in [-0.4, -0.2) is 32.1 Å². The standard InChI is InChI=1S/C21H21ClN4O2/c1-13-9-17(27)10-14(2)26(13)12-20(28)25-8-7-19-18(11-25)21(24-23-19)15-3-5-16(22)6-4-15/h3-6,9-10H,7-8,11-12H2,1-2H3,(H,23,24).